The molecule has 2 aromatic carbocycles. The molecular formula is C17H14ClNO. The molecule has 0 aliphatic heterocycles. The third-order valence-electron chi connectivity index (χ3n) is 3.42. The summed E-state index contributed by atoms with van der Waals surface area (Å²) in [5.41, 5.74) is 2.83. The average molecular weight is 284 g/mol. The molecule has 0 saturated carbocycles. The van der Waals surface area contributed by atoms with Crippen LogP contribution in [0.25, 0.3) is 10.9 Å². The number of halogens is 1. The van der Waals surface area contributed by atoms with E-state index in [0.29, 0.717) is 17.1 Å². The number of aryl methyl sites for hydroxylation is 1. The largest absolute Gasteiger partial charge is 0.340 e. The second-order valence-corrected chi connectivity index (χ2v) is 5.32. The summed E-state index contributed by atoms with van der Waals surface area (Å²) in [6, 6.07) is 15.4. The van der Waals surface area contributed by atoms with Gasteiger partial charge in [0.2, 0.25) is 0 Å². The van der Waals surface area contributed by atoms with Crippen molar-refractivity contribution in [2.75, 3.05) is 0 Å². The second kappa shape index (κ2) is 5.14. The lowest BCUT2D eigenvalue weighted by Crippen LogP contribution is -2.10. The van der Waals surface area contributed by atoms with E-state index < -0.39 is 0 Å². The molecule has 0 saturated heterocycles. The summed E-state index contributed by atoms with van der Waals surface area (Å²) in [5, 5.41) is 1.65. The summed E-state index contributed by atoms with van der Waals surface area (Å²) >= 11 is 6.07. The molecule has 3 heteroatoms. The molecule has 0 unspecified atom stereocenters. The van der Waals surface area contributed by atoms with Gasteiger partial charge in [-0.2, -0.15) is 0 Å². The van der Waals surface area contributed by atoms with E-state index in [9.17, 15) is 4.79 Å². The molecule has 0 N–H and O–H groups in total. The van der Waals surface area contributed by atoms with Gasteiger partial charge in [-0.05, 0) is 42.1 Å². The van der Waals surface area contributed by atoms with Gasteiger partial charge in [-0.25, -0.2) is 0 Å². The number of aromatic nitrogens is 1. The topological polar surface area (TPSA) is 22.0 Å². The molecule has 0 aliphatic carbocycles. The quantitative estimate of drug-likeness (QED) is 0.649. The molecule has 0 atom stereocenters. The molecule has 20 heavy (non-hydrogen) atoms. The predicted molar refractivity (Wildman–Crippen MR) is 82.5 cm³/mol. The molecule has 0 aliphatic rings. The van der Waals surface area contributed by atoms with Crippen LogP contribution in [0.15, 0.2) is 54.7 Å². The summed E-state index contributed by atoms with van der Waals surface area (Å²) < 4.78 is 1.97. The van der Waals surface area contributed by atoms with Gasteiger partial charge < -0.3 is 4.57 Å². The Hall–Kier alpha value is -2.06. The van der Waals surface area contributed by atoms with Crippen molar-refractivity contribution in [1.82, 2.24) is 4.57 Å². The van der Waals surface area contributed by atoms with Gasteiger partial charge >= 0.3 is 0 Å². The molecule has 0 fully saturated rings. The van der Waals surface area contributed by atoms with Crippen LogP contribution in [0.4, 0.5) is 0 Å². The van der Waals surface area contributed by atoms with Crippen molar-refractivity contribution in [2.24, 2.45) is 0 Å². The van der Waals surface area contributed by atoms with Gasteiger partial charge in [0.1, 0.15) is 0 Å². The average Bonchev–Trinajstić information content (AvgIpc) is 2.82. The first-order valence-electron chi connectivity index (χ1n) is 6.48. The maximum atomic E-state index is 12.4. The summed E-state index contributed by atoms with van der Waals surface area (Å²) in [7, 11) is 0. The zero-order valence-corrected chi connectivity index (χ0v) is 11.9. The number of hydrogen-bond acceptors (Lipinski definition) is 1. The Morgan fingerprint density at radius 2 is 1.95 bits per heavy atom. The minimum atomic E-state index is 0.0228. The normalized spacial score (nSPS) is 10.9. The zero-order valence-electron chi connectivity index (χ0n) is 11.1. The van der Waals surface area contributed by atoms with Gasteiger partial charge in [-0.15, -0.1) is 0 Å². The maximum absolute atomic E-state index is 12.4. The molecule has 1 aromatic heterocycles. The van der Waals surface area contributed by atoms with Crippen LogP contribution in [0.3, 0.4) is 0 Å². The van der Waals surface area contributed by atoms with Crippen LogP contribution >= 0.6 is 11.6 Å². The van der Waals surface area contributed by atoms with Crippen LogP contribution in [-0.2, 0) is 6.54 Å². The standard InChI is InChI=1S/C17H14ClNO/c1-12-6-7-13-8-9-19(16(13)10-12)11-17(20)14-4-2-3-5-15(14)18/h2-10H,11H2,1H3. The van der Waals surface area contributed by atoms with E-state index in [4.69, 9.17) is 11.6 Å². The van der Waals surface area contributed by atoms with Crippen molar-refractivity contribution in [2.45, 2.75) is 13.5 Å². The molecule has 0 bridgehead atoms. The van der Waals surface area contributed by atoms with Gasteiger partial charge in [0.05, 0.1) is 11.6 Å². The second-order valence-electron chi connectivity index (χ2n) is 4.91. The maximum Gasteiger partial charge on any atom is 0.183 e. The van der Waals surface area contributed by atoms with Gasteiger partial charge in [0, 0.05) is 17.3 Å². The molecule has 100 valence electrons. The zero-order chi connectivity index (χ0) is 14.1. The first-order valence-corrected chi connectivity index (χ1v) is 6.86. The molecule has 2 nitrogen and oxygen atoms in total. The number of rotatable bonds is 3. The SMILES string of the molecule is Cc1ccc2ccn(CC(=O)c3ccccc3Cl)c2c1. The van der Waals surface area contributed by atoms with E-state index in [1.807, 2.05) is 35.9 Å². The third-order valence-corrected chi connectivity index (χ3v) is 3.75. The molecule has 0 radical (unpaired) electrons. The number of fused-ring (bicyclic) bond motifs is 1. The lowest BCUT2D eigenvalue weighted by Gasteiger charge is -2.07. The van der Waals surface area contributed by atoms with Crippen molar-refractivity contribution in [3.63, 3.8) is 0 Å². The summed E-state index contributed by atoms with van der Waals surface area (Å²) in [4.78, 5) is 12.4. The van der Waals surface area contributed by atoms with E-state index in [1.54, 1.807) is 12.1 Å². The predicted octanol–water partition coefficient (Wildman–Crippen LogP) is 4.49. The Balaban J connectivity index is 1.96. The number of carbonyl (C=O) groups excluding carboxylic acids is 1. The summed E-state index contributed by atoms with van der Waals surface area (Å²) in [5.74, 6) is 0.0228. The Bertz CT molecular complexity index is 789. The van der Waals surface area contributed by atoms with Gasteiger partial charge in [0.25, 0.3) is 0 Å². The lowest BCUT2D eigenvalue weighted by molar-refractivity contribution is 0.0974. The van der Waals surface area contributed by atoms with Crippen LogP contribution in [0.5, 0.6) is 0 Å². The van der Waals surface area contributed by atoms with Crippen LogP contribution in [0.2, 0.25) is 5.02 Å². The van der Waals surface area contributed by atoms with Crippen molar-refractivity contribution >= 4 is 28.3 Å². The van der Waals surface area contributed by atoms with Gasteiger partial charge in [0.15, 0.2) is 5.78 Å². The number of nitrogens with zero attached hydrogens (tertiary/aromatic N) is 1. The summed E-state index contributed by atoms with van der Waals surface area (Å²) in [6.45, 7) is 2.35. The van der Waals surface area contributed by atoms with Crippen molar-refractivity contribution in [3.8, 4) is 0 Å². The first kappa shape index (κ1) is 12.9. The Morgan fingerprint density at radius 3 is 2.75 bits per heavy atom. The highest BCUT2D eigenvalue weighted by atomic mass is 35.5. The highest BCUT2D eigenvalue weighted by molar-refractivity contribution is 6.33. The number of ketones is 1. The smallest absolute Gasteiger partial charge is 0.183 e. The fraction of sp³-hybridized carbons (Fsp3) is 0.118. The van der Waals surface area contributed by atoms with E-state index in [2.05, 4.69) is 18.2 Å². The summed E-state index contributed by atoms with van der Waals surface area (Å²) in [6.07, 6.45) is 1.94. The Kier molecular flexibility index (Phi) is 3.33. The van der Waals surface area contributed by atoms with Crippen LogP contribution < -0.4 is 0 Å². The van der Waals surface area contributed by atoms with Gasteiger partial charge in [-0.3, -0.25) is 4.79 Å². The van der Waals surface area contributed by atoms with E-state index >= 15 is 0 Å². The number of Topliss-reactive ketones (excluding diaryl/α,β-unsaturated/α-hetero) is 1. The van der Waals surface area contributed by atoms with E-state index in [0.717, 1.165) is 10.9 Å². The highest BCUT2D eigenvalue weighted by Gasteiger charge is 2.11. The molecule has 0 spiro atoms. The molecule has 3 aromatic rings. The fourth-order valence-corrected chi connectivity index (χ4v) is 2.60. The fourth-order valence-electron chi connectivity index (χ4n) is 2.36. The molecular weight excluding hydrogens is 270 g/mol. The Labute approximate surface area is 122 Å². The number of hydrogen-bond donors (Lipinski definition) is 0. The monoisotopic (exact) mass is 283 g/mol. The van der Waals surface area contributed by atoms with Crippen LogP contribution in [0.1, 0.15) is 15.9 Å². The molecule has 0 amide bonds. The van der Waals surface area contributed by atoms with Crippen molar-refractivity contribution in [3.05, 3.63) is 70.9 Å². The van der Waals surface area contributed by atoms with E-state index in [-0.39, 0.29) is 5.78 Å². The Morgan fingerprint density at radius 1 is 1.15 bits per heavy atom. The first-order chi connectivity index (χ1) is 9.65. The number of carbonyl (C=O) groups is 1. The molecule has 1 heterocycles. The van der Waals surface area contributed by atoms with Crippen molar-refractivity contribution < 1.29 is 4.79 Å². The van der Waals surface area contributed by atoms with Gasteiger partial charge in [-0.1, -0.05) is 35.9 Å². The van der Waals surface area contributed by atoms with E-state index in [1.165, 1.54) is 5.56 Å². The minimum absolute atomic E-state index is 0.0228. The van der Waals surface area contributed by atoms with Crippen LogP contribution in [-0.4, -0.2) is 10.4 Å². The molecule has 3 rings (SSSR count). The lowest BCUT2D eigenvalue weighted by atomic mass is 10.1. The minimum Gasteiger partial charge on any atom is -0.340 e. The number of benzene rings is 2. The van der Waals surface area contributed by atoms with Crippen LogP contribution in [0, 0.1) is 6.92 Å². The van der Waals surface area contributed by atoms with Crippen molar-refractivity contribution in [1.29, 1.82) is 0 Å². The third kappa shape index (κ3) is 2.35. The highest BCUT2D eigenvalue weighted by Crippen LogP contribution is 2.20.